The second-order valence-corrected chi connectivity index (χ2v) is 4.32. The molecule has 2 N–H and O–H groups in total. The largest absolute Gasteiger partial charge is 0.399 e. The van der Waals surface area contributed by atoms with Crippen molar-refractivity contribution in [2.24, 2.45) is 5.92 Å². The van der Waals surface area contributed by atoms with Gasteiger partial charge in [-0.3, -0.25) is 0 Å². The Kier molecular flexibility index (Phi) is 7.70. The average molecular weight is 221 g/mol. The lowest BCUT2D eigenvalue weighted by atomic mass is 9.90. The zero-order chi connectivity index (χ0) is 12.6. The lowest BCUT2D eigenvalue weighted by molar-refractivity contribution is 0.471. The van der Waals surface area contributed by atoms with Crippen LogP contribution in [0.2, 0.25) is 0 Å². The maximum absolute atomic E-state index is 5.76. The molecular weight excluding hydrogens is 194 g/mol. The maximum Gasteiger partial charge on any atom is 0.0316 e. The van der Waals surface area contributed by atoms with Crippen molar-refractivity contribution in [1.82, 2.24) is 0 Å². The van der Waals surface area contributed by atoms with Crippen LogP contribution in [-0.4, -0.2) is 0 Å². The molecular formula is C15H27N. The minimum atomic E-state index is 0.619. The third-order valence-electron chi connectivity index (χ3n) is 2.93. The molecule has 1 nitrogen and oxygen atoms in total. The monoisotopic (exact) mass is 221 g/mol. The molecule has 0 heterocycles. The van der Waals surface area contributed by atoms with Gasteiger partial charge in [-0.25, -0.2) is 0 Å². The van der Waals surface area contributed by atoms with E-state index in [-0.39, 0.29) is 0 Å². The number of hydrogen-bond acceptors (Lipinski definition) is 1. The normalized spacial score (nSPS) is 13.6. The lowest BCUT2D eigenvalue weighted by Crippen LogP contribution is -2.01. The lowest BCUT2D eigenvalue weighted by Gasteiger charge is -2.16. The molecule has 16 heavy (non-hydrogen) atoms. The second-order valence-electron chi connectivity index (χ2n) is 4.32. The van der Waals surface area contributed by atoms with Gasteiger partial charge in [0, 0.05) is 5.69 Å². The summed E-state index contributed by atoms with van der Waals surface area (Å²) < 4.78 is 0. The summed E-state index contributed by atoms with van der Waals surface area (Å²) in [5, 5.41) is 0. The molecule has 0 aromatic heterocycles. The summed E-state index contributed by atoms with van der Waals surface area (Å²) in [6.07, 6.45) is 2.51. The molecule has 1 aromatic rings. The Morgan fingerprint density at radius 1 is 1.19 bits per heavy atom. The predicted octanol–water partition coefficient (Wildman–Crippen LogP) is 4.83. The van der Waals surface area contributed by atoms with Gasteiger partial charge < -0.3 is 5.73 Å². The van der Waals surface area contributed by atoms with Gasteiger partial charge in [0.15, 0.2) is 0 Å². The average Bonchev–Trinajstić information content (AvgIpc) is 2.31. The van der Waals surface area contributed by atoms with Crippen LogP contribution >= 0.6 is 0 Å². The quantitative estimate of drug-likeness (QED) is 0.724. The number of nitrogens with two attached hydrogens (primary N) is 1. The molecule has 0 saturated heterocycles. The topological polar surface area (TPSA) is 26.0 Å². The third kappa shape index (κ3) is 5.20. The van der Waals surface area contributed by atoms with Gasteiger partial charge in [0.25, 0.3) is 0 Å². The first-order valence-electron chi connectivity index (χ1n) is 6.49. The first-order chi connectivity index (χ1) is 7.63. The molecule has 1 heteroatoms. The van der Waals surface area contributed by atoms with Crippen molar-refractivity contribution in [2.45, 2.75) is 53.4 Å². The van der Waals surface area contributed by atoms with E-state index in [4.69, 9.17) is 5.73 Å². The first-order valence-corrected chi connectivity index (χ1v) is 6.49. The van der Waals surface area contributed by atoms with Crippen LogP contribution < -0.4 is 5.73 Å². The van der Waals surface area contributed by atoms with Crippen molar-refractivity contribution >= 4 is 5.69 Å². The second kappa shape index (κ2) is 8.20. The van der Waals surface area contributed by atoms with E-state index in [2.05, 4.69) is 32.9 Å². The summed E-state index contributed by atoms with van der Waals surface area (Å²) in [5.41, 5.74) is 8.00. The van der Waals surface area contributed by atoms with Crippen LogP contribution in [0, 0.1) is 5.92 Å². The minimum absolute atomic E-state index is 0.619. The van der Waals surface area contributed by atoms with E-state index in [1.165, 1.54) is 18.4 Å². The van der Waals surface area contributed by atoms with Crippen molar-refractivity contribution in [3.05, 3.63) is 29.8 Å². The zero-order valence-electron chi connectivity index (χ0n) is 11.5. The van der Waals surface area contributed by atoms with Crippen molar-refractivity contribution in [3.8, 4) is 0 Å². The van der Waals surface area contributed by atoms with Crippen LogP contribution in [0.25, 0.3) is 0 Å². The van der Waals surface area contributed by atoms with Gasteiger partial charge >= 0.3 is 0 Å². The Morgan fingerprint density at radius 3 is 2.31 bits per heavy atom. The molecule has 2 unspecified atom stereocenters. The van der Waals surface area contributed by atoms with Gasteiger partial charge in [-0.2, -0.15) is 0 Å². The van der Waals surface area contributed by atoms with Crippen molar-refractivity contribution in [2.75, 3.05) is 5.73 Å². The highest BCUT2D eigenvalue weighted by molar-refractivity contribution is 5.41. The van der Waals surface area contributed by atoms with E-state index in [9.17, 15) is 0 Å². The number of anilines is 1. The van der Waals surface area contributed by atoms with Crippen LogP contribution in [0.15, 0.2) is 24.3 Å². The van der Waals surface area contributed by atoms with Crippen molar-refractivity contribution in [1.29, 1.82) is 0 Å². The Bertz CT molecular complexity index is 281. The molecule has 0 aliphatic rings. The fourth-order valence-electron chi connectivity index (χ4n) is 1.77. The molecule has 0 radical (unpaired) electrons. The fourth-order valence-corrected chi connectivity index (χ4v) is 1.77. The Morgan fingerprint density at radius 2 is 1.81 bits per heavy atom. The van der Waals surface area contributed by atoms with Crippen LogP contribution in [0.3, 0.4) is 0 Å². The Labute approximate surface area is 101 Å². The fraction of sp³-hybridized carbons (Fsp3) is 0.600. The highest BCUT2D eigenvalue weighted by Crippen LogP contribution is 2.25. The highest BCUT2D eigenvalue weighted by Gasteiger charge is 2.09. The number of hydrogen-bond donors (Lipinski definition) is 1. The number of benzene rings is 1. The van der Waals surface area contributed by atoms with Crippen LogP contribution in [0.5, 0.6) is 0 Å². The van der Waals surface area contributed by atoms with Gasteiger partial charge in [0.1, 0.15) is 0 Å². The molecule has 0 aliphatic heterocycles. The maximum atomic E-state index is 5.76. The molecule has 0 aliphatic carbocycles. The van der Waals surface area contributed by atoms with Gasteiger partial charge in [-0.05, 0) is 36.0 Å². The summed E-state index contributed by atoms with van der Waals surface area (Å²) >= 11 is 0. The molecule has 2 atom stereocenters. The van der Waals surface area contributed by atoms with Gasteiger partial charge in [0.05, 0.1) is 0 Å². The molecule has 0 fully saturated rings. The predicted molar refractivity (Wildman–Crippen MR) is 74.7 cm³/mol. The first kappa shape index (κ1) is 15.0. The Balaban J connectivity index is 0.00000106. The summed E-state index contributed by atoms with van der Waals surface area (Å²) in [5.74, 6) is 1.42. The third-order valence-corrected chi connectivity index (χ3v) is 2.93. The molecule has 0 spiro atoms. The summed E-state index contributed by atoms with van der Waals surface area (Å²) in [7, 11) is 0. The molecule has 1 aromatic carbocycles. The van der Waals surface area contributed by atoms with E-state index in [0.29, 0.717) is 5.92 Å². The number of nitrogen functional groups attached to an aromatic ring is 1. The van der Waals surface area contributed by atoms with E-state index in [1.54, 1.807) is 0 Å². The van der Waals surface area contributed by atoms with Gasteiger partial charge in [-0.1, -0.05) is 53.2 Å². The summed E-state index contributed by atoms with van der Waals surface area (Å²) in [6, 6.07) is 8.24. The molecule has 0 amide bonds. The summed E-state index contributed by atoms with van der Waals surface area (Å²) in [4.78, 5) is 0. The zero-order valence-corrected chi connectivity index (χ0v) is 11.5. The standard InChI is InChI=1S/C13H21N.C2H6/c1-4-10(2)8-11(3)12-6-5-7-13(14)9-12;1-2/h5-7,9-11H,4,8,14H2,1-3H3;1-2H3. The van der Waals surface area contributed by atoms with Crippen molar-refractivity contribution < 1.29 is 0 Å². The van der Waals surface area contributed by atoms with E-state index in [1.807, 2.05) is 26.0 Å². The summed E-state index contributed by atoms with van der Waals surface area (Å²) in [6.45, 7) is 10.8. The SMILES string of the molecule is CC.CCC(C)CC(C)c1cccc(N)c1. The highest BCUT2D eigenvalue weighted by atomic mass is 14.5. The van der Waals surface area contributed by atoms with E-state index < -0.39 is 0 Å². The van der Waals surface area contributed by atoms with Crippen LogP contribution in [0.4, 0.5) is 5.69 Å². The Hall–Kier alpha value is -0.980. The number of rotatable bonds is 4. The van der Waals surface area contributed by atoms with E-state index in [0.717, 1.165) is 11.6 Å². The van der Waals surface area contributed by atoms with Gasteiger partial charge in [0.2, 0.25) is 0 Å². The molecule has 0 bridgehead atoms. The van der Waals surface area contributed by atoms with E-state index >= 15 is 0 Å². The molecule has 92 valence electrons. The minimum Gasteiger partial charge on any atom is -0.399 e. The smallest absolute Gasteiger partial charge is 0.0316 e. The van der Waals surface area contributed by atoms with Crippen LogP contribution in [0.1, 0.15) is 58.9 Å². The van der Waals surface area contributed by atoms with Gasteiger partial charge in [-0.15, -0.1) is 0 Å². The van der Waals surface area contributed by atoms with Crippen LogP contribution in [-0.2, 0) is 0 Å². The molecule has 0 saturated carbocycles. The van der Waals surface area contributed by atoms with Crippen molar-refractivity contribution in [3.63, 3.8) is 0 Å². The molecule has 1 rings (SSSR count).